The second-order valence-corrected chi connectivity index (χ2v) is 5.49. The van der Waals surface area contributed by atoms with Crippen LogP contribution in [0.2, 0.25) is 5.15 Å². The fraction of sp³-hybridized carbons (Fsp3) is 0.235. The third-order valence-electron chi connectivity index (χ3n) is 3.40. The largest absolute Gasteiger partial charge is 0.473 e. The lowest BCUT2D eigenvalue weighted by Gasteiger charge is -2.13. The summed E-state index contributed by atoms with van der Waals surface area (Å²) in [6.07, 6.45) is -4.60. The van der Waals surface area contributed by atoms with Gasteiger partial charge in [-0.2, -0.15) is 13.2 Å². The Labute approximate surface area is 157 Å². The minimum absolute atomic E-state index is 0.0256. The van der Waals surface area contributed by atoms with E-state index in [0.29, 0.717) is 11.1 Å². The van der Waals surface area contributed by atoms with Gasteiger partial charge in [-0.05, 0) is 11.6 Å². The van der Waals surface area contributed by atoms with Gasteiger partial charge in [0.15, 0.2) is 5.71 Å². The monoisotopic (exact) mass is 401 g/mol. The van der Waals surface area contributed by atoms with E-state index in [1.165, 1.54) is 14.2 Å². The van der Waals surface area contributed by atoms with Gasteiger partial charge in [-0.15, -0.1) is 0 Å². The Morgan fingerprint density at radius 3 is 2.56 bits per heavy atom. The molecule has 0 radical (unpaired) electrons. The Hall–Kier alpha value is -2.81. The average Bonchev–Trinajstić information content (AvgIpc) is 2.63. The van der Waals surface area contributed by atoms with Crippen LogP contribution in [0.1, 0.15) is 16.7 Å². The van der Waals surface area contributed by atoms with Crippen LogP contribution in [0, 0.1) is 0 Å². The lowest BCUT2D eigenvalue weighted by Crippen LogP contribution is -2.29. The molecule has 0 bridgehead atoms. The Morgan fingerprint density at radius 1 is 1.26 bits per heavy atom. The molecule has 0 saturated heterocycles. The summed E-state index contributed by atoms with van der Waals surface area (Å²) in [5.41, 5.74) is -0.0323. The first kappa shape index (κ1) is 20.5. The van der Waals surface area contributed by atoms with Crippen LogP contribution in [0.5, 0.6) is 5.88 Å². The van der Waals surface area contributed by atoms with E-state index >= 15 is 0 Å². The van der Waals surface area contributed by atoms with Crippen LogP contribution in [0.3, 0.4) is 0 Å². The molecule has 0 spiro atoms. The SMILES string of the molecule is CNC(=O)C(=NOC)c1ccccc1COc1ccc(C(F)(F)F)c(Cl)n1. The standard InChI is InChI=1S/C17H15ClF3N3O3/c1-22-16(25)14(24-26-2)11-6-4-3-5-10(11)9-27-13-8-7-12(15(18)23-13)17(19,20)21/h3-8H,9H2,1-2H3,(H,22,25). The summed E-state index contributed by atoms with van der Waals surface area (Å²) in [6, 6.07) is 8.58. The van der Waals surface area contributed by atoms with Crippen molar-refractivity contribution in [3.63, 3.8) is 0 Å². The predicted octanol–water partition coefficient (Wildman–Crippen LogP) is 3.43. The number of nitrogens with one attached hydrogen (secondary N) is 1. The van der Waals surface area contributed by atoms with Crippen LogP contribution in [-0.4, -0.2) is 30.8 Å². The van der Waals surface area contributed by atoms with E-state index in [1.807, 2.05) is 0 Å². The van der Waals surface area contributed by atoms with Crippen molar-refractivity contribution >= 4 is 23.2 Å². The molecule has 6 nitrogen and oxygen atoms in total. The molecule has 0 aliphatic heterocycles. The van der Waals surface area contributed by atoms with Gasteiger partial charge in [0.25, 0.3) is 5.91 Å². The summed E-state index contributed by atoms with van der Waals surface area (Å²) in [7, 11) is 2.75. The number of oxime groups is 1. The number of hydrogen-bond acceptors (Lipinski definition) is 5. The maximum Gasteiger partial charge on any atom is 0.419 e. The van der Waals surface area contributed by atoms with Gasteiger partial charge >= 0.3 is 6.18 Å². The maximum atomic E-state index is 12.7. The molecule has 1 amide bonds. The smallest absolute Gasteiger partial charge is 0.419 e. The van der Waals surface area contributed by atoms with Crippen LogP contribution in [0.4, 0.5) is 13.2 Å². The Balaban J connectivity index is 2.26. The summed E-state index contributed by atoms with van der Waals surface area (Å²) in [6.45, 7) is -0.0788. The fourth-order valence-corrected chi connectivity index (χ4v) is 2.41. The second-order valence-electron chi connectivity index (χ2n) is 5.13. The normalized spacial score (nSPS) is 11.9. The number of aromatic nitrogens is 1. The summed E-state index contributed by atoms with van der Waals surface area (Å²) >= 11 is 5.58. The molecule has 27 heavy (non-hydrogen) atoms. The highest BCUT2D eigenvalue weighted by molar-refractivity contribution is 6.45. The highest BCUT2D eigenvalue weighted by Crippen LogP contribution is 2.34. The van der Waals surface area contributed by atoms with Crippen molar-refractivity contribution in [1.82, 2.24) is 10.3 Å². The molecule has 0 unspecified atom stereocenters. The van der Waals surface area contributed by atoms with Gasteiger partial charge in [0, 0.05) is 18.7 Å². The number of halogens is 4. The summed E-state index contributed by atoms with van der Waals surface area (Å²) in [4.78, 5) is 20.3. The molecule has 1 aromatic carbocycles. The number of nitrogens with zero attached hydrogens (tertiary/aromatic N) is 2. The fourth-order valence-electron chi connectivity index (χ4n) is 2.16. The molecule has 1 N–H and O–H groups in total. The zero-order valence-electron chi connectivity index (χ0n) is 14.3. The third-order valence-corrected chi connectivity index (χ3v) is 3.69. The van der Waals surface area contributed by atoms with E-state index in [1.54, 1.807) is 24.3 Å². The van der Waals surface area contributed by atoms with Gasteiger partial charge in [-0.25, -0.2) is 4.98 Å². The van der Waals surface area contributed by atoms with Gasteiger partial charge in [-0.1, -0.05) is 41.0 Å². The number of likely N-dealkylation sites (N-methyl/N-ethyl adjacent to an activating group) is 1. The van der Waals surface area contributed by atoms with Gasteiger partial charge in [0.05, 0.1) is 5.56 Å². The van der Waals surface area contributed by atoms with E-state index in [-0.39, 0.29) is 18.2 Å². The Kier molecular flexibility index (Phi) is 6.62. The van der Waals surface area contributed by atoms with Crippen LogP contribution < -0.4 is 10.1 Å². The highest BCUT2D eigenvalue weighted by atomic mass is 35.5. The van der Waals surface area contributed by atoms with Gasteiger partial charge < -0.3 is 14.9 Å². The summed E-state index contributed by atoms with van der Waals surface area (Å²) in [5.74, 6) is -0.562. The number of pyridine rings is 1. The molecular formula is C17H15ClF3N3O3. The van der Waals surface area contributed by atoms with Crippen molar-refractivity contribution in [1.29, 1.82) is 0 Å². The molecule has 0 saturated carbocycles. The van der Waals surface area contributed by atoms with E-state index in [2.05, 4.69) is 15.5 Å². The van der Waals surface area contributed by atoms with Crippen LogP contribution in [0.25, 0.3) is 0 Å². The minimum Gasteiger partial charge on any atom is -0.473 e. The van der Waals surface area contributed by atoms with Crippen molar-refractivity contribution in [2.24, 2.45) is 5.16 Å². The summed E-state index contributed by atoms with van der Waals surface area (Å²) in [5, 5.41) is 5.46. The quantitative estimate of drug-likeness (QED) is 0.457. The number of carbonyl (C=O) groups is 1. The van der Waals surface area contributed by atoms with E-state index < -0.39 is 22.8 Å². The molecule has 144 valence electrons. The number of amides is 1. The van der Waals surface area contributed by atoms with Crippen molar-refractivity contribution in [3.05, 3.63) is 58.2 Å². The van der Waals surface area contributed by atoms with Crippen LogP contribution >= 0.6 is 11.6 Å². The summed E-state index contributed by atoms with van der Waals surface area (Å²) < 4.78 is 43.6. The molecule has 1 aromatic heterocycles. The average molecular weight is 402 g/mol. The first-order chi connectivity index (χ1) is 12.8. The topological polar surface area (TPSA) is 72.8 Å². The Morgan fingerprint density at radius 2 is 1.96 bits per heavy atom. The number of hydrogen-bond donors (Lipinski definition) is 1. The van der Waals surface area contributed by atoms with Gasteiger partial charge in [0.1, 0.15) is 18.9 Å². The second kappa shape index (κ2) is 8.72. The van der Waals surface area contributed by atoms with Crippen LogP contribution in [0.15, 0.2) is 41.6 Å². The van der Waals surface area contributed by atoms with Crippen molar-refractivity contribution < 1.29 is 27.5 Å². The van der Waals surface area contributed by atoms with Crippen molar-refractivity contribution in [2.75, 3.05) is 14.2 Å². The van der Waals surface area contributed by atoms with Gasteiger partial charge in [0.2, 0.25) is 5.88 Å². The zero-order chi connectivity index (χ0) is 20.0. The molecule has 0 fully saturated rings. The number of ether oxygens (including phenoxy) is 1. The van der Waals surface area contributed by atoms with E-state index in [0.717, 1.165) is 12.1 Å². The molecule has 0 aliphatic rings. The predicted molar refractivity (Wildman–Crippen MR) is 92.6 cm³/mol. The number of rotatable bonds is 6. The number of carbonyl (C=O) groups excluding carboxylic acids is 1. The zero-order valence-corrected chi connectivity index (χ0v) is 15.1. The Bertz CT molecular complexity index is 857. The molecular weight excluding hydrogens is 387 g/mol. The first-order valence-electron chi connectivity index (χ1n) is 7.56. The molecule has 1 heterocycles. The molecule has 10 heteroatoms. The maximum absolute atomic E-state index is 12.7. The first-order valence-corrected chi connectivity index (χ1v) is 7.93. The number of benzene rings is 1. The molecule has 2 rings (SSSR count). The molecule has 0 atom stereocenters. The third kappa shape index (κ3) is 5.10. The highest BCUT2D eigenvalue weighted by Gasteiger charge is 2.34. The van der Waals surface area contributed by atoms with E-state index in [9.17, 15) is 18.0 Å². The van der Waals surface area contributed by atoms with Crippen LogP contribution in [-0.2, 0) is 22.4 Å². The lowest BCUT2D eigenvalue weighted by molar-refractivity contribution is -0.137. The van der Waals surface area contributed by atoms with E-state index in [4.69, 9.17) is 21.2 Å². The minimum atomic E-state index is -4.60. The lowest BCUT2D eigenvalue weighted by atomic mass is 10.0. The number of alkyl halides is 3. The molecule has 0 aliphatic carbocycles. The van der Waals surface area contributed by atoms with Gasteiger partial charge in [-0.3, -0.25) is 4.79 Å². The van der Waals surface area contributed by atoms with Crippen molar-refractivity contribution in [2.45, 2.75) is 12.8 Å². The molecule has 2 aromatic rings. The van der Waals surface area contributed by atoms with Crippen molar-refractivity contribution in [3.8, 4) is 5.88 Å².